The Morgan fingerprint density at radius 2 is 1.72 bits per heavy atom. The highest BCUT2D eigenvalue weighted by Gasteiger charge is 2.32. The van der Waals surface area contributed by atoms with Crippen molar-refractivity contribution in [3.05, 3.63) is 51.7 Å². The summed E-state index contributed by atoms with van der Waals surface area (Å²) in [4.78, 5) is 37.8. The van der Waals surface area contributed by atoms with Gasteiger partial charge in [-0.1, -0.05) is 18.2 Å². The average molecular weight is 460 g/mol. The summed E-state index contributed by atoms with van der Waals surface area (Å²) in [5.41, 5.74) is 1.88. The number of nitrogens with zero attached hydrogens (tertiary/aromatic N) is 1. The van der Waals surface area contributed by atoms with E-state index >= 15 is 0 Å². The van der Waals surface area contributed by atoms with Gasteiger partial charge < -0.3 is 19.3 Å². The molecular weight excluding hydrogens is 428 g/mol. The molecule has 0 spiro atoms. The summed E-state index contributed by atoms with van der Waals surface area (Å²) in [6, 6.07) is 8.92. The summed E-state index contributed by atoms with van der Waals surface area (Å²) in [5.74, 6) is -0.947. The molecule has 1 aliphatic rings. The van der Waals surface area contributed by atoms with E-state index in [0.717, 1.165) is 44.3 Å². The second kappa shape index (κ2) is 11.2. The lowest BCUT2D eigenvalue weighted by Crippen LogP contribution is -2.54. The van der Waals surface area contributed by atoms with Crippen LogP contribution < -0.4 is 5.32 Å². The van der Waals surface area contributed by atoms with Crippen LogP contribution >= 0.6 is 11.3 Å². The minimum Gasteiger partial charge on any atom is -0.465 e. The Kier molecular flexibility index (Phi) is 8.41. The third-order valence-electron chi connectivity index (χ3n) is 5.91. The number of methoxy groups -OCH3 is 1. The number of carbonyl (C=O) groups is 3. The summed E-state index contributed by atoms with van der Waals surface area (Å²) >= 11 is 1.26. The standard InChI is InChI=1S/C24H30N2O5S/c1-18-17-32-22(24(29)30-2)21(18)25-20(27)16-26(12-8-3-4-9-13-26)14-15-31-23(28)19-10-6-5-7-11-19/h5-7,10-11,17H,3-4,8-9,12-16H2,1-2H3/p+1. The number of aryl methyl sites for hydroxylation is 1. The third kappa shape index (κ3) is 6.17. The fourth-order valence-electron chi connectivity index (χ4n) is 4.14. The first-order chi connectivity index (χ1) is 15.4. The molecule has 172 valence electrons. The lowest BCUT2D eigenvalue weighted by atomic mass is 10.2. The second-order valence-electron chi connectivity index (χ2n) is 8.25. The molecule has 1 saturated heterocycles. The van der Waals surface area contributed by atoms with Crippen molar-refractivity contribution in [3.8, 4) is 0 Å². The van der Waals surface area contributed by atoms with Crippen molar-refractivity contribution in [2.75, 3.05) is 45.2 Å². The van der Waals surface area contributed by atoms with Crippen LogP contribution in [0.3, 0.4) is 0 Å². The number of likely N-dealkylation sites (tertiary alicyclic amines) is 1. The van der Waals surface area contributed by atoms with Gasteiger partial charge in [-0.25, -0.2) is 9.59 Å². The van der Waals surface area contributed by atoms with Crippen LogP contribution in [0.15, 0.2) is 35.7 Å². The number of hydrogen-bond acceptors (Lipinski definition) is 6. The van der Waals surface area contributed by atoms with E-state index < -0.39 is 5.97 Å². The van der Waals surface area contributed by atoms with Crippen LogP contribution in [0, 0.1) is 6.92 Å². The number of carbonyl (C=O) groups excluding carboxylic acids is 3. The van der Waals surface area contributed by atoms with Gasteiger partial charge in [-0.2, -0.15) is 0 Å². The second-order valence-corrected chi connectivity index (χ2v) is 9.13. The van der Waals surface area contributed by atoms with Crippen LogP contribution in [-0.4, -0.2) is 62.2 Å². The summed E-state index contributed by atoms with van der Waals surface area (Å²) in [6.45, 7) is 4.70. The van der Waals surface area contributed by atoms with Gasteiger partial charge in [0.05, 0.1) is 31.5 Å². The summed E-state index contributed by atoms with van der Waals surface area (Å²) in [6.07, 6.45) is 4.35. The van der Waals surface area contributed by atoms with Crippen molar-refractivity contribution in [2.45, 2.75) is 32.6 Å². The predicted octanol–water partition coefficient (Wildman–Crippen LogP) is 4.03. The first-order valence-electron chi connectivity index (χ1n) is 11.0. The van der Waals surface area contributed by atoms with Crippen molar-refractivity contribution in [2.24, 2.45) is 0 Å². The zero-order valence-corrected chi connectivity index (χ0v) is 19.5. The zero-order chi connectivity index (χ0) is 23.0. The molecule has 0 atom stereocenters. The van der Waals surface area contributed by atoms with Crippen molar-refractivity contribution >= 4 is 34.9 Å². The normalized spacial score (nSPS) is 15.4. The first-order valence-corrected chi connectivity index (χ1v) is 11.9. The molecule has 1 aromatic carbocycles. The number of rotatable bonds is 8. The molecule has 32 heavy (non-hydrogen) atoms. The minimum atomic E-state index is -0.454. The molecule has 0 bridgehead atoms. The molecule has 0 aliphatic carbocycles. The molecule has 0 radical (unpaired) electrons. The third-order valence-corrected chi connectivity index (χ3v) is 6.99. The van der Waals surface area contributed by atoms with Gasteiger partial charge in [0.1, 0.15) is 18.0 Å². The van der Waals surface area contributed by atoms with Gasteiger partial charge in [0.2, 0.25) is 0 Å². The number of esters is 2. The van der Waals surface area contributed by atoms with E-state index in [1.807, 2.05) is 18.4 Å². The molecule has 2 aromatic rings. The highest BCUT2D eigenvalue weighted by Crippen LogP contribution is 2.28. The van der Waals surface area contributed by atoms with Crippen molar-refractivity contribution in [1.82, 2.24) is 0 Å². The zero-order valence-electron chi connectivity index (χ0n) is 18.7. The highest BCUT2D eigenvalue weighted by atomic mass is 32.1. The maximum absolute atomic E-state index is 13.0. The van der Waals surface area contributed by atoms with E-state index in [0.29, 0.717) is 27.2 Å². The molecule has 1 fully saturated rings. The van der Waals surface area contributed by atoms with E-state index in [2.05, 4.69) is 5.32 Å². The average Bonchev–Trinajstić information content (AvgIpc) is 3.00. The van der Waals surface area contributed by atoms with Gasteiger partial charge in [0, 0.05) is 0 Å². The van der Waals surface area contributed by atoms with E-state index in [1.54, 1.807) is 24.3 Å². The summed E-state index contributed by atoms with van der Waals surface area (Å²) in [7, 11) is 1.33. The Labute approximate surface area is 192 Å². The van der Waals surface area contributed by atoms with Crippen LogP contribution in [0.5, 0.6) is 0 Å². The fourth-order valence-corrected chi connectivity index (χ4v) is 5.06. The molecule has 1 N–H and O–H groups in total. The molecule has 7 nitrogen and oxygen atoms in total. The highest BCUT2D eigenvalue weighted by molar-refractivity contribution is 7.12. The molecule has 1 aliphatic heterocycles. The predicted molar refractivity (Wildman–Crippen MR) is 124 cm³/mol. The fraction of sp³-hybridized carbons (Fsp3) is 0.458. The first kappa shape index (κ1) is 23.9. The van der Waals surface area contributed by atoms with Crippen LogP contribution in [-0.2, 0) is 14.3 Å². The number of anilines is 1. The Bertz CT molecular complexity index is 933. The van der Waals surface area contributed by atoms with E-state index in [-0.39, 0.29) is 25.0 Å². The number of hydrogen-bond donors (Lipinski definition) is 1. The van der Waals surface area contributed by atoms with Gasteiger partial charge in [0.25, 0.3) is 5.91 Å². The molecule has 2 heterocycles. The smallest absolute Gasteiger partial charge is 0.350 e. The number of amides is 1. The van der Waals surface area contributed by atoms with E-state index in [9.17, 15) is 14.4 Å². The number of thiophene rings is 1. The lowest BCUT2D eigenvalue weighted by molar-refractivity contribution is -0.920. The maximum atomic E-state index is 13.0. The Hall–Kier alpha value is -2.71. The Morgan fingerprint density at radius 1 is 1.03 bits per heavy atom. The number of quaternary nitrogens is 1. The molecule has 1 amide bonds. The largest absolute Gasteiger partial charge is 0.465 e. The SMILES string of the molecule is COC(=O)c1scc(C)c1NC(=O)C[N+]1(CCOC(=O)c2ccccc2)CCCCCC1. The molecule has 0 unspecified atom stereocenters. The molecule has 0 saturated carbocycles. The Balaban J connectivity index is 1.66. The van der Waals surface area contributed by atoms with Gasteiger partial charge >= 0.3 is 11.9 Å². The molecule has 1 aromatic heterocycles. The van der Waals surface area contributed by atoms with Gasteiger partial charge in [-0.05, 0) is 55.7 Å². The number of benzene rings is 1. The van der Waals surface area contributed by atoms with Crippen LogP contribution in [0.2, 0.25) is 0 Å². The number of nitrogens with one attached hydrogen (secondary N) is 1. The van der Waals surface area contributed by atoms with Crippen LogP contribution in [0.25, 0.3) is 0 Å². The van der Waals surface area contributed by atoms with Crippen molar-refractivity contribution < 1.29 is 28.3 Å². The van der Waals surface area contributed by atoms with E-state index in [4.69, 9.17) is 9.47 Å². The minimum absolute atomic E-state index is 0.145. The Morgan fingerprint density at radius 3 is 2.38 bits per heavy atom. The molecule has 3 rings (SSSR count). The van der Waals surface area contributed by atoms with Crippen molar-refractivity contribution in [1.29, 1.82) is 0 Å². The number of ether oxygens (including phenoxy) is 2. The topological polar surface area (TPSA) is 81.7 Å². The van der Waals surface area contributed by atoms with Gasteiger partial charge in [0.15, 0.2) is 6.54 Å². The molecular formula is C24H31N2O5S+. The quantitative estimate of drug-likeness (QED) is 0.476. The summed E-state index contributed by atoms with van der Waals surface area (Å²) in [5, 5.41) is 4.77. The van der Waals surface area contributed by atoms with Crippen LogP contribution in [0.1, 0.15) is 51.3 Å². The van der Waals surface area contributed by atoms with E-state index in [1.165, 1.54) is 18.4 Å². The monoisotopic (exact) mass is 459 g/mol. The van der Waals surface area contributed by atoms with Gasteiger partial charge in [-0.15, -0.1) is 11.3 Å². The van der Waals surface area contributed by atoms with Crippen LogP contribution in [0.4, 0.5) is 5.69 Å². The maximum Gasteiger partial charge on any atom is 0.350 e. The molecule has 8 heteroatoms. The van der Waals surface area contributed by atoms with Crippen molar-refractivity contribution in [3.63, 3.8) is 0 Å². The lowest BCUT2D eigenvalue weighted by Gasteiger charge is -2.37. The van der Waals surface area contributed by atoms with Gasteiger partial charge in [-0.3, -0.25) is 4.79 Å². The summed E-state index contributed by atoms with van der Waals surface area (Å²) < 4.78 is 10.9.